The average molecular weight is 219 g/mol. The molecule has 0 aliphatic heterocycles. The van der Waals surface area contributed by atoms with Gasteiger partial charge in [-0.2, -0.15) is 5.10 Å². The van der Waals surface area contributed by atoms with E-state index in [1.54, 1.807) is 18.3 Å². The van der Waals surface area contributed by atoms with Gasteiger partial charge in [0.1, 0.15) is 5.75 Å². The first kappa shape index (κ1) is 10.2. The third-order valence-electron chi connectivity index (χ3n) is 2.18. The Labute approximate surface area is 91.0 Å². The maximum absolute atomic E-state index is 10.7. The number of aromatic nitrogens is 2. The molecule has 1 N–H and O–H groups in total. The van der Waals surface area contributed by atoms with Crippen molar-refractivity contribution >= 4 is 5.69 Å². The number of nitrogens with one attached hydrogen (secondary N) is 1. The number of nitro benzene ring substituents is 1. The molecule has 0 aliphatic rings. The summed E-state index contributed by atoms with van der Waals surface area (Å²) < 4.78 is 5.13. The molecular weight excluding hydrogens is 210 g/mol. The zero-order valence-corrected chi connectivity index (χ0v) is 8.51. The van der Waals surface area contributed by atoms with Crippen molar-refractivity contribution in [2.24, 2.45) is 0 Å². The highest BCUT2D eigenvalue weighted by Crippen LogP contribution is 2.31. The summed E-state index contributed by atoms with van der Waals surface area (Å²) in [5.74, 6) is 0.565. The summed E-state index contributed by atoms with van der Waals surface area (Å²) >= 11 is 0. The molecule has 0 aliphatic carbocycles. The van der Waals surface area contributed by atoms with Gasteiger partial charge in [-0.3, -0.25) is 15.2 Å². The first-order chi connectivity index (χ1) is 7.72. The molecular formula is C10H9N3O3. The van der Waals surface area contributed by atoms with Crippen LogP contribution < -0.4 is 4.74 Å². The molecule has 0 spiro atoms. The normalized spacial score (nSPS) is 10.1. The average Bonchev–Trinajstić information content (AvgIpc) is 2.81. The molecule has 6 nitrogen and oxygen atoms in total. The number of nitrogens with zero attached hydrogens (tertiary/aromatic N) is 2. The van der Waals surface area contributed by atoms with Gasteiger partial charge in [-0.15, -0.1) is 0 Å². The molecule has 1 aromatic carbocycles. The van der Waals surface area contributed by atoms with E-state index < -0.39 is 4.92 Å². The van der Waals surface area contributed by atoms with Gasteiger partial charge in [0.05, 0.1) is 17.7 Å². The maximum Gasteiger partial charge on any atom is 0.270 e. The Morgan fingerprint density at radius 1 is 1.44 bits per heavy atom. The monoisotopic (exact) mass is 219 g/mol. The highest BCUT2D eigenvalue weighted by molar-refractivity contribution is 5.69. The summed E-state index contributed by atoms with van der Waals surface area (Å²) in [6.45, 7) is 0. The number of ether oxygens (including phenoxy) is 1. The van der Waals surface area contributed by atoms with Crippen molar-refractivity contribution in [1.29, 1.82) is 0 Å². The van der Waals surface area contributed by atoms with E-state index in [0.717, 1.165) is 0 Å². The van der Waals surface area contributed by atoms with Crippen LogP contribution >= 0.6 is 0 Å². The number of hydrogen-bond acceptors (Lipinski definition) is 4. The Bertz CT molecular complexity index is 508. The lowest BCUT2D eigenvalue weighted by molar-refractivity contribution is -0.384. The number of hydrogen-bond donors (Lipinski definition) is 1. The number of benzene rings is 1. The Morgan fingerprint density at radius 3 is 2.81 bits per heavy atom. The van der Waals surface area contributed by atoms with E-state index in [0.29, 0.717) is 17.0 Å². The molecule has 0 bridgehead atoms. The van der Waals surface area contributed by atoms with Crippen LogP contribution in [0, 0.1) is 10.1 Å². The van der Waals surface area contributed by atoms with Crippen molar-refractivity contribution < 1.29 is 9.66 Å². The fraction of sp³-hybridized carbons (Fsp3) is 0.100. The van der Waals surface area contributed by atoms with Crippen molar-refractivity contribution in [3.8, 4) is 17.0 Å². The largest absolute Gasteiger partial charge is 0.496 e. The van der Waals surface area contributed by atoms with Crippen LogP contribution in [0.5, 0.6) is 5.75 Å². The summed E-state index contributed by atoms with van der Waals surface area (Å²) in [4.78, 5) is 10.2. The molecule has 0 fully saturated rings. The van der Waals surface area contributed by atoms with Gasteiger partial charge in [0.15, 0.2) is 0 Å². The molecule has 1 heterocycles. The van der Waals surface area contributed by atoms with E-state index in [1.165, 1.54) is 19.2 Å². The zero-order valence-electron chi connectivity index (χ0n) is 8.51. The second kappa shape index (κ2) is 4.01. The van der Waals surface area contributed by atoms with Gasteiger partial charge >= 0.3 is 0 Å². The number of rotatable bonds is 3. The molecule has 6 heteroatoms. The van der Waals surface area contributed by atoms with Gasteiger partial charge in [-0.25, -0.2) is 0 Å². The first-order valence-electron chi connectivity index (χ1n) is 4.54. The van der Waals surface area contributed by atoms with Gasteiger partial charge in [-0.05, 0) is 12.1 Å². The number of aromatic amines is 1. The quantitative estimate of drug-likeness (QED) is 0.632. The van der Waals surface area contributed by atoms with Crippen LogP contribution in [0.25, 0.3) is 11.3 Å². The van der Waals surface area contributed by atoms with Crippen LogP contribution in [0.2, 0.25) is 0 Å². The first-order valence-corrected chi connectivity index (χ1v) is 4.54. The summed E-state index contributed by atoms with van der Waals surface area (Å²) in [5.41, 5.74) is 1.32. The summed E-state index contributed by atoms with van der Waals surface area (Å²) in [5, 5.41) is 17.2. The van der Waals surface area contributed by atoms with E-state index in [-0.39, 0.29) is 5.69 Å². The number of methoxy groups -OCH3 is 1. The minimum absolute atomic E-state index is 0.0189. The van der Waals surface area contributed by atoms with Gasteiger partial charge < -0.3 is 4.74 Å². The van der Waals surface area contributed by atoms with E-state index in [1.807, 2.05) is 0 Å². The Morgan fingerprint density at radius 2 is 2.25 bits per heavy atom. The topological polar surface area (TPSA) is 81.1 Å². The van der Waals surface area contributed by atoms with E-state index in [4.69, 9.17) is 4.74 Å². The van der Waals surface area contributed by atoms with Crippen LogP contribution in [0.15, 0.2) is 30.5 Å². The molecule has 16 heavy (non-hydrogen) atoms. The summed E-state index contributed by atoms with van der Waals surface area (Å²) in [7, 11) is 1.51. The lowest BCUT2D eigenvalue weighted by Gasteiger charge is -2.05. The number of H-pyrrole nitrogens is 1. The molecule has 0 radical (unpaired) electrons. The predicted molar refractivity (Wildman–Crippen MR) is 57.2 cm³/mol. The van der Waals surface area contributed by atoms with Crippen molar-refractivity contribution in [2.75, 3.05) is 7.11 Å². The van der Waals surface area contributed by atoms with Gasteiger partial charge in [0.25, 0.3) is 5.69 Å². The van der Waals surface area contributed by atoms with Crippen molar-refractivity contribution in [3.63, 3.8) is 0 Å². The zero-order chi connectivity index (χ0) is 11.5. The minimum atomic E-state index is -0.445. The van der Waals surface area contributed by atoms with Crippen LogP contribution in [-0.2, 0) is 0 Å². The Kier molecular flexibility index (Phi) is 2.55. The number of nitro groups is 1. The van der Waals surface area contributed by atoms with Crippen molar-refractivity contribution in [1.82, 2.24) is 10.2 Å². The standard InChI is InChI=1S/C10H9N3O3/c1-16-10-3-2-7(13(14)15)6-8(10)9-4-5-11-12-9/h2-6H,1H3,(H,11,12). The molecule has 0 saturated heterocycles. The lowest BCUT2D eigenvalue weighted by atomic mass is 10.1. The highest BCUT2D eigenvalue weighted by atomic mass is 16.6. The molecule has 0 atom stereocenters. The molecule has 2 rings (SSSR count). The third-order valence-corrected chi connectivity index (χ3v) is 2.18. The SMILES string of the molecule is COc1ccc([N+](=O)[O-])cc1-c1ccn[nH]1. The molecule has 1 aromatic heterocycles. The fourth-order valence-electron chi connectivity index (χ4n) is 1.43. The smallest absolute Gasteiger partial charge is 0.270 e. The predicted octanol–water partition coefficient (Wildman–Crippen LogP) is 1.99. The second-order valence-corrected chi connectivity index (χ2v) is 3.11. The molecule has 82 valence electrons. The highest BCUT2D eigenvalue weighted by Gasteiger charge is 2.13. The Hall–Kier alpha value is -2.37. The second-order valence-electron chi connectivity index (χ2n) is 3.11. The number of non-ortho nitro benzene ring substituents is 1. The fourth-order valence-corrected chi connectivity index (χ4v) is 1.43. The van der Waals surface area contributed by atoms with Crippen LogP contribution in [-0.4, -0.2) is 22.2 Å². The molecule has 0 unspecified atom stereocenters. The lowest BCUT2D eigenvalue weighted by Crippen LogP contribution is -1.92. The van der Waals surface area contributed by atoms with Gasteiger partial charge in [0, 0.05) is 23.9 Å². The van der Waals surface area contributed by atoms with E-state index in [2.05, 4.69) is 10.2 Å². The third kappa shape index (κ3) is 1.72. The van der Waals surface area contributed by atoms with Crippen LogP contribution in [0.4, 0.5) is 5.69 Å². The molecule has 0 amide bonds. The van der Waals surface area contributed by atoms with Crippen LogP contribution in [0.3, 0.4) is 0 Å². The van der Waals surface area contributed by atoms with Gasteiger partial charge in [0.2, 0.25) is 0 Å². The molecule has 0 saturated carbocycles. The molecule has 2 aromatic rings. The van der Waals surface area contributed by atoms with Crippen molar-refractivity contribution in [2.45, 2.75) is 0 Å². The summed E-state index contributed by atoms with van der Waals surface area (Å²) in [6, 6.07) is 6.14. The summed E-state index contributed by atoms with van der Waals surface area (Å²) in [6.07, 6.45) is 1.58. The maximum atomic E-state index is 10.7. The minimum Gasteiger partial charge on any atom is -0.496 e. The van der Waals surface area contributed by atoms with E-state index >= 15 is 0 Å². The van der Waals surface area contributed by atoms with E-state index in [9.17, 15) is 10.1 Å². The van der Waals surface area contributed by atoms with Crippen LogP contribution in [0.1, 0.15) is 0 Å². The Balaban J connectivity index is 2.56. The van der Waals surface area contributed by atoms with Crippen molar-refractivity contribution in [3.05, 3.63) is 40.6 Å². The van der Waals surface area contributed by atoms with Gasteiger partial charge in [-0.1, -0.05) is 0 Å².